The summed E-state index contributed by atoms with van der Waals surface area (Å²) < 4.78 is 0. The number of hydrogen-bond acceptors (Lipinski definition) is 3. The normalized spacial score (nSPS) is 11.7. The van der Waals surface area contributed by atoms with Crippen molar-refractivity contribution in [1.29, 1.82) is 0 Å². The Balaban J connectivity index is 4.26. The fourth-order valence-electron chi connectivity index (χ4n) is 1.15. The molecule has 0 bridgehead atoms. The Hall–Kier alpha value is -1.22. The lowest BCUT2D eigenvalue weighted by atomic mass is 10.2. The predicted molar refractivity (Wildman–Crippen MR) is 67.4 cm³/mol. The van der Waals surface area contributed by atoms with E-state index in [1.54, 1.807) is 0 Å². The van der Waals surface area contributed by atoms with Gasteiger partial charge in [0.2, 0.25) is 0 Å². The van der Waals surface area contributed by atoms with Crippen molar-refractivity contribution < 1.29 is 0 Å². The molecule has 0 aliphatic carbocycles. The summed E-state index contributed by atoms with van der Waals surface area (Å²) in [5.74, 6) is 0. The van der Waals surface area contributed by atoms with Crippen LogP contribution in [0.4, 0.5) is 0 Å². The maximum Gasteiger partial charge on any atom is 0.0321 e. The fourth-order valence-corrected chi connectivity index (χ4v) is 1.15. The quantitative estimate of drug-likeness (QED) is 0.671. The van der Waals surface area contributed by atoms with Gasteiger partial charge in [-0.1, -0.05) is 13.2 Å². The van der Waals surface area contributed by atoms with Crippen LogP contribution < -0.4 is 5.73 Å². The third-order valence-corrected chi connectivity index (χ3v) is 2.20. The largest absolute Gasteiger partial charge is 0.399 e. The van der Waals surface area contributed by atoms with Gasteiger partial charge >= 0.3 is 0 Å². The Labute approximate surface area is 93.5 Å². The molecule has 0 aromatic carbocycles. The molecule has 0 atom stereocenters. The first-order valence-electron chi connectivity index (χ1n) is 5.02. The summed E-state index contributed by atoms with van der Waals surface area (Å²) in [6.07, 6.45) is 1.84. The molecule has 2 N–H and O–H groups in total. The summed E-state index contributed by atoms with van der Waals surface area (Å²) in [7, 11) is 6.14. The molecule has 0 saturated heterocycles. The maximum absolute atomic E-state index is 5.51. The van der Waals surface area contributed by atoms with Gasteiger partial charge in [-0.15, -0.1) is 0 Å². The van der Waals surface area contributed by atoms with E-state index in [4.69, 9.17) is 5.73 Å². The molecule has 0 fully saturated rings. The molecular weight excluding hydrogens is 186 g/mol. The minimum Gasteiger partial charge on any atom is -0.399 e. The number of nitrogens with two attached hydrogens (primary N) is 1. The van der Waals surface area contributed by atoms with Crippen molar-refractivity contribution in [3.8, 4) is 0 Å². The summed E-state index contributed by atoms with van der Waals surface area (Å²) in [6, 6.07) is 0. The number of hydrogen-bond donors (Lipinski definition) is 1. The third kappa shape index (κ3) is 5.96. The van der Waals surface area contributed by atoms with Crippen molar-refractivity contribution in [2.24, 2.45) is 5.73 Å². The number of likely N-dealkylation sites (N-methyl/N-ethyl adjacent to an activating group) is 2. The van der Waals surface area contributed by atoms with E-state index in [0.29, 0.717) is 5.70 Å². The van der Waals surface area contributed by atoms with E-state index < -0.39 is 0 Å². The molecule has 0 aromatic heterocycles. The highest BCUT2D eigenvalue weighted by molar-refractivity contribution is 5.30. The molecule has 3 nitrogen and oxygen atoms in total. The Morgan fingerprint density at radius 1 is 1.20 bits per heavy atom. The van der Waals surface area contributed by atoms with Crippen LogP contribution in [0.5, 0.6) is 0 Å². The van der Waals surface area contributed by atoms with E-state index in [2.05, 4.69) is 37.1 Å². The van der Waals surface area contributed by atoms with Crippen molar-refractivity contribution in [3.63, 3.8) is 0 Å². The van der Waals surface area contributed by atoms with E-state index >= 15 is 0 Å². The van der Waals surface area contributed by atoms with Crippen LogP contribution in [0.15, 0.2) is 36.2 Å². The van der Waals surface area contributed by atoms with Gasteiger partial charge in [-0.25, -0.2) is 0 Å². The van der Waals surface area contributed by atoms with Crippen LogP contribution in [-0.4, -0.2) is 44.0 Å². The molecule has 0 unspecified atom stereocenters. The predicted octanol–water partition coefficient (Wildman–Crippen LogP) is 1.41. The zero-order valence-corrected chi connectivity index (χ0v) is 10.4. The summed E-state index contributed by atoms with van der Waals surface area (Å²) in [4.78, 5) is 4.26. The smallest absolute Gasteiger partial charge is 0.0321 e. The Kier molecular flexibility index (Phi) is 5.79. The van der Waals surface area contributed by atoms with Gasteiger partial charge in [0.05, 0.1) is 0 Å². The van der Waals surface area contributed by atoms with Crippen LogP contribution in [0.1, 0.15) is 6.92 Å². The minimum atomic E-state index is 0.564. The summed E-state index contributed by atoms with van der Waals surface area (Å²) in [5, 5.41) is 0. The van der Waals surface area contributed by atoms with Crippen LogP contribution >= 0.6 is 0 Å². The zero-order chi connectivity index (χ0) is 12.0. The van der Waals surface area contributed by atoms with E-state index in [0.717, 1.165) is 24.4 Å². The molecular formula is C12H23N3. The number of rotatable bonds is 6. The Morgan fingerprint density at radius 2 is 1.73 bits per heavy atom. The van der Waals surface area contributed by atoms with E-state index in [-0.39, 0.29) is 0 Å². The molecule has 0 aliphatic heterocycles. The zero-order valence-electron chi connectivity index (χ0n) is 10.4. The molecule has 0 saturated carbocycles. The Morgan fingerprint density at radius 3 is 2.13 bits per heavy atom. The molecule has 0 amide bonds. The molecule has 86 valence electrons. The van der Waals surface area contributed by atoms with Crippen LogP contribution in [0.25, 0.3) is 0 Å². The van der Waals surface area contributed by atoms with Crippen LogP contribution in [0.2, 0.25) is 0 Å². The molecule has 15 heavy (non-hydrogen) atoms. The van der Waals surface area contributed by atoms with Gasteiger partial charge in [-0.2, -0.15) is 0 Å². The highest BCUT2D eigenvalue weighted by Crippen LogP contribution is 2.11. The number of nitrogens with zero attached hydrogens (tertiary/aromatic N) is 2. The standard InChI is InChI=1S/C12H23N3/c1-10(9-11(2)13)12(3)15(6)8-7-14(4)5/h9H,2-3,7-8,13H2,1,4-6H3/b10-9-. The molecule has 0 spiro atoms. The highest BCUT2D eigenvalue weighted by Gasteiger charge is 2.04. The first-order chi connectivity index (χ1) is 6.84. The van der Waals surface area contributed by atoms with Crippen LogP contribution in [-0.2, 0) is 0 Å². The second kappa shape index (κ2) is 6.30. The van der Waals surface area contributed by atoms with Crippen molar-refractivity contribution in [1.82, 2.24) is 9.80 Å². The first kappa shape index (κ1) is 13.8. The second-order valence-corrected chi connectivity index (χ2v) is 4.07. The van der Waals surface area contributed by atoms with Crippen molar-refractivity contribution >= 4 is 0 Å². The lowest BCUT2D eigenvalue weighted by molar-refractivity contribution is 0.329. The summed E-state index contributed by atoms with van der Waals surface area (Å²) in [6.45, 7) is 11.6. The average Bonchev–Trinajstić information content (AvgIpc) is 2.11. The molecule has 3 heteroatoms. The molecule has 0 radical (unpaired) electrons. The van der Waals surface area contributed by atoms with Crippen molar-refractivity contribution in [2.45, 2.75) is 6.92 Å². The number of allylic oxidation sites excluding steroid dienone is 2. The monoisotopic (exact) mass is 209 g/mol. The molecule has 0 rings (SSSR count). The third-order valence-electron chi connectivity index (χ3n) is 2.20. The van der Waals surface area contributed by atoms with Gasteiger partial charge in [0.25, 0.3) is 0 Å². The average molecular weight is 209 g/mol. The highest BCUT2D eigenvalue weighted by atomic mass is 15.2. The molecule has 0 aliphatic rings. The minimum absolute atomic E-state index is 0.564. The van der Waals surface area contributed by atoms with Gasteiger partial charge in [0.15, 0.2) is 0 Å². The van der Waals surface area contributed by atoms with Gasteiger partial charge < -0.3 is 15.5 Å². The van der Waals surface area contributed by atoms with Gasteiger partial charge in [0.1, 0.15) is 0 Å². The SMILES string of the molecule is C=C(N)/C=C(/C)C(=C)N(C)CCN(C)C. The lowest BCUT2D eigenvalue weighted by Gasteiger charge is -2.24. The van der Waals surface area contributed by atoms with Crippen LogP contribution in [0, 0.1) is 0 Å². The van der Waals surface area contributed by atoms with Crippen LogP contribution in [0.3, 0.4) is 0 Å². The van der Waals surface area contributed by atoms with E-state index in [1.807, 2.05) is 20.0 Å². The lowest BCUT2D eigenvalue weighted by Crippen LogP contribution is -2.28. The topological polar surface area (TPSA) is 32.5 Å². The Bertz CT molecular complexity index is 264. The van der Waals surface area contributed by atoms with Gasteiger partial charge in [0, 0.05) is 31.5 Å². The molecule has 0 aromatic rings. The first-order valence-corrected chi connectivity index (χ1v) is 5.02. The fraction of sp³-hybridized carbons (Fsp3) is 0.500. The second-order valence-electron chi connectivity index (χ2n) is 4.07. The maximum atomic E-state index is 5.51. The van der Waals surface area contributed by atoms with Crippen molar-refractivity contribution in [2.75, 3.05) is 34.2 Å². The summed E-state index contributed by atoms with van der Waals surface area (Å²) in [5.41, 5.74) is 8.13. The summed E-state index contributed by atoms with van der Waals surface area (Å²) >= 11 is 0. The van der Waals surface area contributed by atoms with E-state index in [1.165, 1.54) is 0 Å². The van der Waals surface area contributed by atoms with Gasteiger partial charge in [-0.05, 0) is 32.7 Å². The van der Waals surface area contributed by atoms with Crippen molar-refractivity contribution in [3.05, 3.63) is 36.2 Å². The van der Waals surface area contributed by atoms with Gasteiger partial charge in [-0.3, -0.25) is 0 Å². The van der Waals surface area contributed by atoms with E-state index in [9.17, 15) is 0 Å². The molecule has 0 heterocycles.